The lowest BCUT2D eigenvalue weighted by Gasteiger charge is -2.02. The fraction of sp³-hybridized carbons (Fsp3) is 0.125. The Bertz CT molecular complexity index is 774. The molecule has 1 aromatic carbocycles. The van der Waals surface area contributed by atoms with Gasteiger partial charge in [0.1, 0.15) is 0 Å². The molecule has 0 bridgehead atoms. The van der Waals surface area contributed by atoms with Gasteiger partial charge in [-0.25, -0.2) is 4.98 Å². The fourth-order valence-corrected chi connectivity index (χ4v) is 2.92. The Morgan fingerprint density at radius 3 is 2.65 bits per heavy atom. The number of nitrogens with one attached hydrogen (secondary N) is 1. The lowest BCUT2D eigenvalue weighted by atomic mass is 10.1. The molecule has 0 saturated heterocycles. The second-order valence-electron chi connectivity index (χ2n) is 4.46. The number of hydrogen-bond acceptors (Lipinski definition) is 3. The maximum atomic E-state index is 11.8. The van der Waals surface area contributed by atoms with Crippen LogP contribution in [0.25, 0.3) is 22.0 Å². The van der Waals surface area contributed by atoms with Gasteiger partial charge >= 0.3 is 0 Å². The van der Waals surface area contributed by atoms with E-state index in [1.165, 1.54) is 10.9 Å². The van der Waals surface area contributed by atoms with Crippen molar-refractivity contribution in [2.45, 2.75) is 13.3 Å². The average molecular weight is 282 g/mol. The molecule has 2 heterocycles. The van der Waals surface area contributed by atoms with Crippen LogP contribution in [0.15, 0.2) is 53.3 Å². The lowest BCUT2D eigenvalue weighted by molar-refractivity contribution is 1.14. The highest BCUT2D eigenvalue weighted by atomic mass is 32.1. The highest BCUT2D eigenvalue weighted by Gasteiger charge is 2.08. The minimum absolute atomic E-state index is 0.125. The Kier molecular flexibility index (Phi) is 3.48. The normalized spacial score (nSPS) is 10.7. The van der Waals surface area contributed by atoms with Gasteiger partial charge in [0.25, 0.3) is 5.56 Å². The molecule has 0 atom stereocenters. The van der Waals surface area contributed by atoms with Gasteiger partial charge in [-0.3, -0.25) is 4.79 Å². The Morgan fingerprint density at radius 1 is 1.15 bits per heavy atom. The molecule has 0 saturated carbocycles. The van der Waals surface area contributed by atoms with E-state index in [0.717, 1.165) is 16.9 Å². The van der Waals surface area contributed by atoms with E-state index in [-0.39, 0.29) is 5.56 Å². The predicted octanol–water partition coefficient (Wildman–Crippen LogP) is 3.73. The fourth-order valence-electron chi connectivity index (χ4n) is 2.03. The molecule has 3 nitrogen and oxygen atoms in total. The zero-order valence-corrected chi connectivity index (χ0v) is 11.9. The van der Waals surface area contributed by atoms with Crippen molar-refractivity contribution in [3.8, 4) is 22.0 Å². The molecule has 20 heavy (non-hydrogen) atoms. The summed E-state index contributed by atoms with van der Waals surface area (Å²) in [4.78, 5) is 21.5. The number of benzene rings is 1. The number of aryl methyl sites for hydroxylation is 1. The molecule has 0 fully saturated rings. The van der Waals surface area contributed by atoms with Crippen molar-refractivity contribution in [1.82, 2.24) is 9.97 Å². The first kappa shape index (κ1) is 12.8. The van der Waals surface area contributed by atoms with Crippen LogP contribution in [-0.2, 0) is 6.42 Å². The molecule has 4 heteroatoms. The van der Waals surface area contributed by atoms with E-state index in [0.29, 0.717) is 11.5 Å². The maximum Gasteiger partial charge on any atom is 0.251 e. The molecule has 100 valence electrons. The van der Waals surface area contributed by atoms with E-state index in [1.54, 1.807) is 11.3 Å². The average Bonchev–Trinajstić information content (AvgIpc) is 2.96. The van der Waals surface area contributed by atoms with Gasteiger partial charge in [0.05, 0.1) is 10.6 Å². The van der Waals surface area contributed by atoms with Crippen LogP contribution < -0.4 is 5.56 Å². The molecular weight excluding hydrogens is 268 g/mol. The number of nitrogens with zero attached hydrogens (tertiary/aromatic N) is 1. The Balaban J connectivity index is 2.09. The molecule has 1 N–H and O–H groups in total. The minimum Gasteiger partial charge on any atom is -0.306 e. The molecule has 0 spiro atoms. The van der Waals surface area contributed by atoms with Crippen molar-refractivity contribution in [1.29, 1.82) is 0 Å². The largest absolute Gasteiger partial charge is 0.306 e. The van der Waals surface area contributed by atoms with Gasteiger partial charge in [0.15, 0.2) is 5.82 Å². The van der Waals surface area contributed by atoms with Gasteiger partial charge in [-0.1, -0.05) is 37.3 Å². The molecule has 0 aliphatic heterocycles. The Labute approximate surface area is 121 Å². The van der Waals surface area contributed by atoms with Crippen molar-refractivity contribution in [2.75, 3.05) is 0 Å². The topological polar surface area (TPSA) is 45.8 Å². The lowest BCUT2D eigenvalue weighted by Crippen LogP contribution is -2.08. The third-order valence-electron chi connectivity index (χ3n) is 3.05. The number of thiophene rings is 1. The second kappa shape index (κ2) is 5.43. The van der Waals surface area contributed by atoms with Crippen LogP contribution in [0.4, 0.5) is 0 Å². The van der Waals surface area contributed by atoms with Gasteiger partial charge in [-0.05, 0) is 18.6 Å². The Hall–Kier alpha value is -2.20. The van der Waals surface area contributed by atoms with Crippen LogP contribution in [-0.4, -0.2) is 9.97 Å². The first-order valence-electron chi connectivity index (χ1n) is 6.52. The number of aromatic nitrogens is 2. The first-order chi connectivity index (χ1) is 9.76. The van der Waals surface area contributed by atoms with Gasteiger partial charge in [0, 0.05) is 16.5 Å². The first-order valence-corrected chi connectivity index (χ1v) is 7.34. The Morgan fingerprint density at radius 2 is 1.95 bits per heavy atom. The monoisotopic (exact) mass is 282 g/mol. The molecule has 0 unspecified atom stereocenters. The number of H-pyrrole nitrogens is 1. The van der Waals surface area contributed by atoms with E-state index >= 15 is 0 Å². The van der Waals surface area contributed by atoms with Crippen LogP contribution in [0.1, 0.15) is 11.8 Å². The highest BCUT2D eigenvalue weighted by molar-refractivity contribution is 7.15. The quantitative estimate of drug-likeness (QED) is 0.795. The second-order valence-corrected chi connectivity index (χ2v) is 5.63. The summed E-state index contributed by atoms with van der Waals surface area (Å²) in [6, 6.07) is 15.4. The van der Waals surface area contributed by atoms with Crippen molar-refractivity contribution in [2.24, 2.45) is 0 Å². The summed E-state index contributed by atoms with van der Waals surface area (Å²) >= 11 is 1.67. The molecule has 0 aliphatic carbocycles. The number of rotatable bonds is 3. The van der Waals surface area contributed by atoms with Crippen LogP contribution >= 0.6 is 11.3 Å². The summed E-state index contributed by atoms with van der Waals surface area (Å²) in [5.41, 5.74) is 1.53. The van der Waals surface area contributed by atoms with E-state index in [4.69, 9.17) is 0 Å². The highest BCUT2D eigenvalue weighted by Crippen LogP contribution is 2.26. The zero-order valence-electron chi connectivity index (χ0n) is 11.1. The third kappa shape index (κ3) is 2.56. The number of hydrogen-bond donors (Lipinski definition) is 1. The van der Waals surface area contributed by atoms with Crippen molar-refractivity contribution in [3.63, 3.8) is 0 Å². The van der Waals surface area contributed by atoms with Crippen molar-refractivity contribution >= 4 is 11.3 Å². The summed E-state index contributed by atoms with van der Waals surface area (Å²) < 4.78 is 0. The SMILES string of the molecule is CCc1ccc(-c2nc(-c3ccccc3)cc(=O)[nH]2)s1. The summed E-state index contributed by atoms with van der Waals surface area (Å²) in [5, 5.41) is 0. The zero-order chi connectivity index (χ0) is 13.9. The van der Waals surface area contributed by atoms with Crippen molar-refractivity contribution in [3.05, 3.63) is 63.8 Å². The molecule has 0 radical (unpaired) electrons. The molecule has 3 rings (SSSR count). The van der Waals surface area contributed by atoms with Crippen LogP contribution in [0.2, 0.25) is 0 Å². The molecular formula is C16H14N2OS. The molecule has 2 aromatic heterocycles. The van der Waals surface area contributed by atoms with E-state index in [2.05, 4.69) is 23.0 Å². The van der Waals surface area contributed by atoms with Crippen LogP contribution in [0.3, 0.4) is 0 Å². The summed E-state index contributed by atoms with van der Waals surface area (Å²) in [6.07, 6.45) is 0.993. The summed E-state index contributed by atoms with van der Waals surface area (Å²) in [5.74, 6) is 0.640. The van der Waals surface area contributed by atoms with Gasteiger partial charge in [-0.2, -0.15) is 0 Å². The van der Waals surface area contributed by atoms with Gasteiger partial charge < -0.3 is 4.98 Å². The smallest absolute Gasteiger partial charge is 0.251 e. The maximum absolute atomic E-state index is 11.8. The van der Waals surface area contributed by atoms with Crippen molar-refractivity contribution < 1.29 is 0 Å². The standard InChI is InChI=1S/C16H14N2OS/c1-2-12-8-9-14(20-12)16-17-13(10-15(19)18-16)11-6-4-3-5-7-11/h3-10H,2H2,1H3,(H,17,18,19). The minimum atomic E-state index is -0.125. The van der Waals surface area contributed by atoms with Crippen LogP contribution in [0, 0.1) is 0 Å². The van der Waals surface area contributed by atoms with Crippen LogP contribution in [0.5, 0.6) is 0 Å². The van der Waals surface area contributed by atoms with E-state index in [1.807, 2.05) is 36.4 Å². The number of aromatic amines is 1. The van der Waals surface area contributed by atoms with Gasteiger partial charge in [-0.15, -0.1) is 11.3 Å². The van der Waals surface area contributed by atoms with Gasteiger partial charge in [0.2, 0.25) is 0 Å². The molecule has 0 aliphatic rings. The third-order valence-corrected chi connectivity index (χ3v) is 4.29. The predicted molar refractivity (Wildman–Crippen MR) is 83.0 cm³/mol. The molecule has 0 amide bonds. The molecule has 3 aromatic rings. The summed E-state index contributed by atoms with van der Waals surface area (Å²) in [6.45, 7) is 2.12. The van der Waals surface area contributed by atoms with E-state index < -0.39 is 0 Å². The summed E-state index contributed by atoms with van der Waals surface area (Å²) in [7, 11) is 0. The van der Waals surface area contributed by atoms with E-state index in [9.17, 15) is 4.79 Å².